The molecule has 0 bridgehead atoms. The van der Waals surface area contributed by atoms with Gasteiger partial charge in [0.25, 0.3) is 0 Å². The van der Waals surface area contributed by atoms with Gasteiger partial charge in [0.1, 0.15) is 0 Å². The van der Waals surface area contributed by atoms with E-state index in [0.29, 0.717) is 12.5 Å². The number of carbonyl (C=O) groups is 1. The highest BCUT2D eigenvalue weighted by atomic mass is 19.4. The molecule has 100 valence electrons. The number of rotatable bonds is 5. The average Bonchev–Trinajstić information content (AvgIpc) is 2.91. The number of nitrogens with two attached hydrogens (primary N) is 1. The molecule has 2 N–H and O–H groups in total. The normalized spacial score (nSPS) is 17.1. The van der Waals surface area contributed by atoms with Gasteiger partial charge in [-0.2, -0.15) is 13.2 Å². The van der Waals surface area contributed by atoms with Crippen LogP contribution in [0.15, 0.2) is 0 Å². The van der Waals surface area contributed by atoms with Crippen molar-refractivity contribution < 1.29 is 18.0 Å². The van der Waals surface area contributed by atoms with Gasteiger partial charge in [-0.25, -0.2) is 0 Å². The van der Waals surface area contributed by atoms with Crippen LogP contribution in [0.1, 0.15) is 33.1 Å². The van der Waals surface area contributed by atoms with E-state index in [1.807, 2.05) is 0 Å². The van der Waals surface area contributed by atoms with Crippen LogP contribution in [0.4, 0.5) is 13.2 Å². The first-order valence-electron chi connectivity index (χ1n) is 5.74. The first kappa shape index (κ1) is 14.3. The number of halogens is 3. The number of carbonyl (C=O) groups excluding carboxylic acids is 1. The van der Waals surface area contributed by atoms with Crippen LogP contribution in [0.5, 0.6) is 0 Å². The Kier molecular flexibility index (Phi) is 4.06. The minimum atomic E-state index is -4.24. The van der Waals surface area contributed by atoms with Gasteiger partial charge in [0.05, 0.1) is 12.0 Å². The van der Waals surface area contributed by atoms with E-state index in [9.17, 15) is 18.0 Å². The summed E-state index contributed by atoms with van der Waals surface area (Å²) in [6.07, 6.45) is -3.23. The lowest BCUT2D eigenvalue weighted by atomic mass is 10.0. The number of amides is 1. The number of nitrogens with zero attached hydrogens (tertiary/aromatic N) is 1. The zero-order chi connectivity index (χ0) is 13.3. The van der Waals surface area contributed by atoms with Gasteiger partial charge in [0.15, 0.2) is 0 Å². The Morgan fingerprint density at radius 2 is 1.88 bits per heavy atom. The highest BCUT2D eigenvalue weighted by molar-refractivity contribution is 5.85. The second kappa shape index (κ2) is 4.84. The summed E-state index contributed by atoms with van der Waals surface area (Å²) in [5, 5.41) is 0. The lowest BCUT2D eigenvalue weighted by Crippen LogP contribution is -2.52. The van der Waals surface area contributed by atoms with E-state index in [4.69, 9.17) is 5.73 Å². The van der Waals surface area contributed by atoms with Crippen LogP contribution in [0.25, 0.3) is 0 Å². The largest absolute Gasteiger partial charge is 0.390 e. The van der Waals surface area contributed by atoms with Gasteiger partial charge in [0, 0.05) is 13.1 Å². The Morgan fingerprint density at radius 3 is 2.24 bits per heavy atom. The molecule has 0 atom stereocenters. The number of hydrogen-bond donors (Lipinski definition) is 1. The van der Waals surface area contributed by atoms with Crippen molar-refractivity contribution in [2.75, 3.05) is 13.1 Å². The van der Waals surface area contributed by atoms with Crippen molar-refractivity contribution in [3.05, 3.63) is 0 Å². The third-order valence-corrected chi connectivity index (χ3v) is 2.68. The smallest absolute Gasteiger partial charge is 0.341 e. The summed E-state index contributed by atoms with van der Waals surface area (Å²) in [4.78, 5) is 13.1. The summed E-state index contributed by atoms with van der Waals surface area (Å²) >= 11 is 0. The second-order valence-corrected chi connectivity index (χ2v) is 5.28. The van der Waals surface area contributed by atoms with E-state index in [2.05, 4.69) is 0 Å². The lowest BCUT2D eigenvalue weighted by molar-refractivity contribution is -0.148. The lowest BCUT2D eigenvalue weighted by Gasteiger charge is -2.29. The molecule has 0 heterocycles. The molecule has 1 rings (SSSR count). The second-order valence-electron chi connectivity index (χ2n) is 5.28. The fraction of sp³-hybridized carbons (Fsp3) is 0.909. The summed E-state index contributed by atoms with van der Waals surface area (Å²) in [6, 6.07) is 0. The summed E-state index contributed by atoms with van der Waals surface area (Å²) in [6.45, 7) is 3.14. The average molecular weight is 252 g/mol. The van der Waals surface area contributed by atoms with E-state index in [0.717, 1.165) is 12.8 Å². The van der Waals surface area contributed by atoms with E-state index in [1.165, 1.54) is 18.7 Å². The molecule has 0 aromatic carbocycles. The van der Waals surface area contributed by atoms with Gasteiger partial charge in [-0.3, -0.25) is 4.79 Å². The third kappa shape index (κ3) is 5.39. The SMILES string of the molecule is CC(C)(N)C(=O)N(CCC(F)(F)F)CC1CC1. The Bertz CT molecular complexity index is 279. The zero-order valence-corrected chi connectivity index (χ0v) is 10.2. The molecule has 1 aliphatic rings. The molecule has 1 saturated carbocycles. The van der Waals surface area contributed by atoms with Gasteiger partial charge < -0.3 is 10.6 Å². The molecule has 1 amide bonds. The fourth-order valence-electron chi connectivity index (χ4n) is 1.56. The van der Waals surface area contributed by atoms with E-state index in [-0.39, 0.29) is 6.54 Å². The van der Waals surface area contributed by atoms with Crippen LogP contribution >= 0.6 is 0 Å². The van der Waals surface area contributed by atoms with Gasteiger partial charge in [-0.05, 0) is 32.6 Å². The maximum absolute atomic E-state index is 12.2. The van der Waals surface area contributed by atoms with Crippen molar-refractivity contribution in [1.82, 2.24) is 4.90 Å². The van der Waals surface area contributed by atoms with Crippen molar-refractivity contribution in [1.29, 1.82) is 0 Å². The van der Waals surface area contributed by atoms with E-state index < -0.39 is 24.0 Å². The Hall–Kier alpha value is -0.780. The van der Waals surface area contributed by atoms with Crippen molar-refractivity contribution >= 4 is 5.91 Å². The predicted molar refractivity (Wildman–Crippen MR) is 58.2 cm³/mol. The molecule has 0 aliphatic heterocycles. The summed E-state index contributed by atoms with van der Waals surface area (Å²) < 4.78 is 36.5. The molecule has 1 fully saturated rings. The van der Waals surface area contributed by atoms with Gasteiger partial charge >= 0.3 is 6.18 Å². The molecule has 17 heavy (non-hydrogen) atoms. The van der Waals surface area contributed by atoms with E-state index in [1.54, 1.807) is 0 Å². The van der Waals surface area contributed by atoms with Gasteiger partial charge in [-0.1, -0.05) is 0 Å². The molecular formula is C11H19F3N2O. The van der Waals surface area contributed by atoms with Crippen LogP contribution in [0.2, 0.25) is 0 Å². The highest BCUT2D eigenvalue weighted by Gasteiger charge is 2.35. The van der Waals surface area contributed by atoms with Crippen molar-refractivity contribution in [3.8, 4) is 0 Å². The molecule has 0 spiro atoms. The number of alkyl halides is 3. The van der Waals surface area contributed by atoms with Crippen molar-refractivity contribution in [3.63, 3.8) is 0 Å². The van der Waals surface area contributed by atoms with Crippen LogP contribution in [0, 0.1) is 5.92 Å². The fourth-order valence-corrected chi connectivity index (χ4v) is 1.56. The van der Waals surface area contributed by atoms with Crippen LogP contribution < -0.4 is 5.73 Å². The topological polar surface area (TPSA) is 46.3 Å². The minimum Gasteiger partial charge on any atom is -0.341 e. The Morgan fingerprint density at radius 1 is 1.35 bits per heavy atom. The molecule has 1 aliphatic carbocycles. The summed E-state index contributed by atoms with van der Waals surface area (Å²) in [5.41, 5.74) is 4.53. The molecule has 3 nitrogen and oxygen atoms in total. The quantitative estimate of drug-likeness (QED) is 0.812. The van der Waals surface area contributed by atoms with Crippen LogP contribution in [0.3, 0.4) is 0 Å². The molecule has 0 radical (unpaired) electrons. The first-order valence-corrected chi connectivity index (χ1v) is 5.74. The molecule has 0 unspecified atom stereocenters. The Balaban J connectivity index is 2.56. The van der Waals surface area contributed by atoms with Crippen molar-refractivity contribution in [2.45, 2.75) is 44.8 Å². The molecular weight excluding hydrogens is 233 g/mol. The third-order valence-electron chi connectivity index (χ3n) is 2.68. The first-order chi connectivity index (χ1) is 7.59. The monoisotopic (exact) mass is 252 g/mol. The highest BCUT2D eigenvalue weighted by Crippen LogP contribution is 2.31. The Labute approximate surface area is 99.1 Å². The predicted octanol–water partition coefficient (Wildman–Crippen LogP) is 1.91. The standard InChI is InChI=1S/C11H19F3N2O/c1-10(2,15)9(17)16(7-8-3-4-8)6-5-11(12,13)14/h8H,3-7,15H2,1-2H3. The van der Waals surface area contributed by atoms with Gasteiger partial charge in [-0.15, -0.1) is 0 Å². The zero-order valence-electron chi connectivity index (χ0n) is 10.2. The molecule has 0 saturated heterocycles. The summed E-state index contributed by atoms with van der Waals surface area (Å²) in [7, 11) is 0. The minimum absolute atomic E-state index is 0.292. The molecule has 6 heteroatoms. The number of hydrogen-bond acceptors (Lipinski definition) is 2. The molecule has 0 aromatic rings. The summed E-state index contributed by atoms with van der Waals surface area (Å²) in [5.74, 6) is -0.0526. The van der Waals surface area contributed by atoms with E-state index >= 15 is 0 Å². The molecule has 0 aromatic heterocycles. The van der Waals surface area contributed by atoms with Crippen molar-refractivity contribution in [2.24, 2.45) is 11.7 Å². The maximum Gasteiger partial charge on any atom is 0.390 e. The van der Waals surface area contributed by atoms with Crippen LogP contribution in [-0.4, -0.2) is 35.6 Å². The van der Waals surface area contributed by atoms with Gasteiger partial charge in [0.2, 0.25) is 5.91 Å². The maximum atomic E-state index is 12.2. The van der Waals surface area contributed by atoms with Crippen LogP contribution in [-0.2, 0) is 4.79 Å².